The molecule has 0 amide bonds. The number of hydroxylamine groups is 1. The van der Waals surface area contributed by atoms with Gasteiger partial charge in [0, 0.05) is 0 Å². The molecule has 0 N–H and O–H groups in total. The van der Waals surface area contributed by atoms with Crippen molar-refractivity contribution in [2.75, 3.05) is 0 Å². The average Bonchev–Trinajstić information content (AvgIpc) is 2.29. The Bertz CT molecular complexity index is 579. The fraction of sp³-hybridized carbons (Fsp3) is 0.333. The van der Waals surface area contributed by atoms with Gasteiger partial charge in [-0.1, -0.05) is 18.2 Å². The highest BCUT2D eigenvalue weighted by molar-refractivity contribution is 7.89. The van der Waals surface area contributed by atoms with Crippen LogP contribution in [0.1, 0.15) is 13.8 Å². The third-order valence-corrected chi connectivity index (χ3v) is 3.37. The molecule has 18 heavy (non-hydrogen) atoms. The van der Waals surface area contributed by atoms with E-state index in [0.29, 0.717) is 0 Å². The Kier molecular flexibility index (Phi) is 3.65. The maximum atomic E-state index is 11.7. The molecule has 8 nitrogen and oxygen atoms in total. The Balaban J connectivity index is 3.22. The van der Waals surface area contributed by atoms with Gasteiger partial charge in [-0.05, 0) is 17.0 Å². The fourth-order valence-electron chi connectivity index (χ4n) is 0.907. The summed E-state index contributed by atoms with van der Waals surface area (Å²) in [6, 6.07) is 6.99. The summed E-state index contributed by atoms with van der Waals surface area (Å²) in [4.78, 5) is 9.06. The molecule has 0 aliphatic heterocycles. The van der Waals surface area contributed by atoms with Crippen molar-refractivity contribution in [3.8, 4) is 0 Å². The lowest BCUT2D eigenvalue weighted by Gasteiger charge is -2.11. The lowest BCUT2D eigenvalue weighted by molar-refractivity contribution is -0.802. The first-order valence-electron chi connectivity index (χ1n) is 4.83. The maximum absolute atomic E-state index is 11.7. The van der Waals surface area contributed by atoms with E-state index >= 15 is 0 Å². The van der Waals surface area contributed by atoms with Crippen LogP contribution in [0.2, 0.25) is 0 Å². The fourth-order valence-corrected chi connectivity index (χ4v) is 1.90. The van der Waals surface area contributed by atoms with Gasteiger partial charge in [-0.25, -0.2) is 0 Å². The van der Waals surface area contributed by atoms with Crippen LogP contribution in [-0.4, -0.2) is 23.9 Å². The normalized spacial score (nSPS) is 13.3. The zero-order valence-corrected chi connectivity index (χ0v) is 10.5. The highest BCUT2D eigenvalue weighted by Gasteiger charge is 2.43. The molecule has 0 heterocycles. The van der Waals surface area contributed by atoms with Gasteiger partial charge >= 0.3 is 15.7 Å². The van der Waals surface area contributed by atoms with E-state index in [-0.39, 0.29) is 4.90 Å². The van der Waals surface area contributed by atoms with E-state index in [1.54, 1.807) is 6.07 Å². The number of rotatable bonds is 4. The third-order valence-electron chi connectivity index (χ3n) is 2.14. The Hall–Kier alpha value is -2.03. The zero-order chi connectivity index (χ0) is 14.0. The monoisotopic (exact) mass is 273 g/mol. The molecule has 1 aromatic rings. The first kappa shape index (κ1) is 14.0. The van der Waals surface area contributed by atoms with Crippen LogP contribution < -0.4 is 0 Å². The second kappa shape index (κ2) is 4.69. The number of benzene rings is 1. The minimum atomic E-state index is -4.24. The standard InChI is InChI=1S/C9H11N3O5S/c1-9(2,12(14)15)11(13)10-18(16,17)8-6-4-3-5-7-8/h3-7H,1-2H3. The van der Waals surface area contributed by atoms with E-state index in [1.807, 2.05) is 0 Å². The average molecular weight is 273 g/mol. The highest BCUT2D eigenvalue weighted by atomic mass is 32.2. The molecule has 0 saturated carbocycles. The van der Waals surface area contributed by atoms with E-state index in [0.717, 1.165) is 13.8 Å². The quantitative estimate of drug-likeness (QED) is 0.270. The highest BCUT2D eigenvalue weighted by Crippen LogP contribution is 2.15. The maximum Gasteiger partial charge on any atom is 0.434 e. The van der Waals surface area contributed by atoms with Crippen molar-refractivity contribution in [2.45, 2.75) is 24.4 Å². The summed E-state index contributed by atoms with van der Waals surface area (Å²) in [6.45, 7) is 1.92. The van der Waals surface area contributed by atoms with Gasteiger partial charge in [0.05, 0.1) is 23.7 Å². The van der Waals surface area contributed by atoms with E-state index in [2.05, 4.69) is 4.52 Å². The Labute approximate surface area is 103 Å². The molecule has 0 bridgehead atoms. The molecule has 1 rings (SSSR count). The number of sulfonamides is 1. The van der Waals surface area contributed by atoms with Crippen LogP contribution in [0.4, 0.5) is 0 Å². The van der Waals surface area contributed by atoms with Crippen molar-refractivity contribution in [3.05, 3.63) is 45.7 Å². The Morgan fingerprint density at radius 3 is 2.11 bits per heavy atom. The molecular formula is C9H11N3O5S. The van der Waals surface area contributed by atoms with Gasteiger partial charge in [-0.3, -0.25) is 10.1 Å². The van der Waals surface area contributed by atoms with E-state index in [9.17, 15) is 23.7 Å². The number of nitrogens with zero attached hydrogens (tertiary/aromatic N) is 3. The van der Waals surface area contributed by atoms with Crippen molar-refractivity contribution < 1.29 is 18.2 Å². The van der Waals surface area contributed by atoms with Crippen molar-refractivity contribution >= 4 is 10.0 Å². The summed E-state index contributed by atoms with van der Waals surface area (Å²) >= 11 is 0. The Morgan fingerprint density at radius 1 is 1.17 bits per heavy atom. The molecule has 0 radical (unpaired) electrons. The van der Waals surface area contributed by atoms with Gasteiger partial charge in [0.15, 0.2) is 0 Å². The summed E-state index contributed by atoms with van der Waals surface area (Å²) in [7, 11) is -4.24. The number of hydrogen-bond donors (Lipinski definition) is 0. The van der Waals surface area contributed by atoms with Crippen LogP contribution in [0, 0.1) is 15.3 Å². The van der Waals surface area contributed by atoms with Gasteiger partial charge < -0.3 is 5.21 Å². The minimum absolute atomic E-state index is 0.204. The molecule has 0 spiro atoms. The summed E-state index contributed by atoms with van der Waals surface area (Å²) in [5.74, 6) is 0. The second-order valence-electron chi connectivity index (χ2n) is 3.89. The van der Waals surface area contributed by atoms with Gasteiger partial charge in [0.25, 0.3) is 0 Å². The van der Waals surface area contributed by atoms with Gasteiger partial charge in [-0.2, -0.15) is 8.42 Å². The minimum Gasteiger partial charge on any atom is -0.594 e. The molecule has 9 heteroatoms. The van der Waals surface area contributed by atoms with Crippen LogP contribution in [0.3, 0.4) is 0 Å². The molecule has 0 unspecified atom stereocenters. The topological polar surface area (TPSA) is 116 Å². The van der Waals surface area contributed by atoms with Gasteiger partial charge in [0.1, 0.15) is 4.52 Å². The van der Waals surface area contributed by atoms with Gasteiger partial charge in [-0.15, -0.1) is 0 Å². The summed E-state index contributed by atoms with van der Waals surface area (Å²) in [5, 5.41) is 22.0. The first-order valence-corrected chi connectivity index (χ1v) is 6.27. The molecular weight excluding hydrogens is 262 g/mol. The van der Waals surface area contributed by atoms with Crippen LogP contribution >= 0.6 is 0 Å². The summed E-state index contributed by atoms with van der Waals surface area (Å²) < 4.78 is 26.2. The lowest BCUT2D eigenvalue weighted by atomic mass is 10.3. The molecule has 0 aliphatic rings. The van der Waals surface area contributed by atoms with Crippen LogP contribution in [0.5, 0.6) is 0 Å². The summed E-state index contributed by atoms with van der Waals surface area (Å²) in [5.41, 5.74) is -2.15. The van der Waals surface area contributed by atoms with Crippen molar-refractivity contribution in [1.29, 1.82) is 0 Å². The summed E-state index contributed by atoms with van der Waals surface area (Å²) in [6.07, 6.45) is 0. The molecule has 0 atom stereocenters. The van der Waals surface area contributed by atoms with Crippen molar-refractivity contribution in [3.63, 3.8) is 0 Å². The largest absolute Gasteiger partial charge is 0.594 e. The molecule has 0 saturated heterocycles. The number of nitro groups is 1. The van der Waals surface area contributed by atoms with E-state index < -0.39 is 25.5 Å². The molecule has 1 aromatic carbocycles. The van der Waals surface area contributed by atoms with Gasteiger partial charge in [0.2, 0.25) is 0 Å². The van der Waals surface area contributed by atoms with Crippen LogP contribution in [0.25, 0.3) is 0 Å². The van der Waals surface area contributed by atoms with E-state index in [4.69, 9.17) is 0 Å². The SMILES string of the molecule is CC(C)([N+](=O)[O-])[N+]([O-])=NS(=O)(=O)c1ccccc1. The smallest absolute Gasteiger partial charge is 0.434 e. The number of hydrogen-bond acceptors (Lipinski definition) is 5. The lowest BCUT2D eigenvalue weighted by Crippen LogP contribution is -2.40. The first-order chi connectivity index (χ1) is 8.18. The predicted molar refractivity (Wildman–Crippen MR) is 60.8 cm³/mol. The van der Waals surface area contributed by atoms with E-state index in [1.165, 1.54) is 24.3 Å². The van der Waals surface area contributed by atoms with Crippen LogP contribution in [0.15, 0.2) is 39.7 Å². The van der Waals surface area contributed by atoms with Crippen molar-refractivity contribution in [2.24, 2.45) is 4.52 Å². The Morgan fingerprint density at radius 2 is 1.67 bits per heavy atom. The molecule has 0 aliphatic carbocycles. The van der Waals surface area contributed by atoms with Crippen molar-refractivity contribution in [1.82, 2.24) is 0 Å². The molecule has 0 fully saturated rings. The molecule has 98 valence electrons. The predicted octanol–water partition coefficient (Wildman–Crippen LogP) is 1.35. The molecule has 0 aromatic heterocycles. The zero-order valence-electron chi connectivity index (χ0n) is 9.68. The van der Waals surface area contributed by atoms with Crippen LogP contribution in [-0.2, 0) is 10.0 Å². The second-order valence-corrected chi connectivity index (χ2v) is 5.48. The third kappa shape index (κ3) is 2.80.